The minimum atomic E-state index is -0.530. The summed E-state index contributed by atoms with van der Waals surface area (Å²) >= 11 is 0. The third kappa shape index (κ3) is 3.52. The van der Waals surface area contributed by atoms with Crippen LogP contribution in [-0.4, -0.2) is 22.6 Å². The summed E-state index contributed by atoms with van der Waals surface area (Å²) in [5.41, 5.74) is 0.941. The lowest BCUT2D eigenvalue weighted by atomic mass is 10.2. The number of aliphatic hydroxyl groups excluding tert-OH is 1. The highest BCUT2D eigenvalue weighted by Gasteiger charge is 2.09. The molecular weight excluding hydrogens is 263 g/mol. The number of para-hydroxylation sites is 1. The highest BCUT2D eigenvalue weighted by molar-refractivity contribution is 5.92. The van der Waals surface area contributed by atoms with E-state index in [2.05, 4.69) is 10.3 Å². The molecule has 20 heavy (non-hydrogen) atoms. The Morgan fingerprint density at radius 3 is 2.90 bits per heavy atom. The van der Waals surface area contributed by atoms with Crippen molar-refractivity contribution in [3.05, 3.63) is 54.1 Å². The van der Waals surface area contributed by atoms with Crippen molar-refractivity contribution in [2.24, 2.45) is 0 Å². The van der Waals surface area contributed by atoms with Gasteiger partial charge in [0.25, 0.3) is 5.91 Å². The summed E-state index contributed by atoms with van der Waals surface area (Å²) in [5.74, 6) is -0.982. The number of nitrogens with zero attached hydrogens (tertiary/aromatic N) is 1. The molecule has 2 N–H and O–H groups in total. The first-order valence-electron chi connectivity index (χ1n) is 5.91. The summed E-state index contributed by atoms with van der Waals surface area (Å²) < 4.78 is 18.4. The highest BCUT2D eigenvalue weighted by atomic mass is 19.1. The predicted molar refractivity (Wildman–Crippen MR) is 70.7 cm³/mol. The molecule has 1 aromatic carbocycles. The van der Waals surface area contributed by atoms with Crippen molar-refractivity contribution in [3.8, 4) is 5.75 Å². The fourth-order valence-corrected chi connectivity index (χ4v) is 1.57. The van der Waals surface area contributed by atoms with Crippen molar-refractivity contribution in [1.82, 2.24) is 4.98 Å². The van der Waals surface area contributed by atoms with Crippen LogP contribution in [0.2, 0.25) is 0 Å². The van der Waals surface area contributed by atoms with E-state index in [4.69, 9.17) is 9.84 Å². The van der Waals surface area contributed by atoms with Gasteiger partial charge in [-0.15, -0.1) is 0 Å². The Morgan fingerprint density at radius 1 is 1.35 bits per heavy atom. The maximum absolute atomic E-state index is 13.3. The topological polar surface area (TPSA) is 71.5 Å². The normalized spacial score (nSPS) is 10.1. The number of carbonyl (C=O) groups excluding carboxylic acids is 1. The average Bonchev–Trinajstić information content (AvgIpc) is 2.47. The smallest absolute Gasteiger partial charge is 0.262 e. The van der Waals surface area contributed by atoms with Gasteiger partial charge in [0, 0.05) is 11.8 Å². The standard InChI is InChI=1S/C14H13FN2O3/c15-11-3-1-2-4-13(11)20-9-14(19)17-12-7-16-6-5-10(12)8-18/h1-7,18H,8-9H2,(H,17,19). The molecule has 2 aromatic rings. The first kappa shape index (κ1) is 14.0. The number of aliphatic hydroxyl groups is 1. The number of anilines is 1. The van der Waals surface area contributed by atoms with E-state index in [1.165, 1.54) is 30.6 Å². The fraction of sp³-hybridized carbons (Fsp3) is 0.143. The zero-order valence-corrected chi connectivity index (χ0v) is 10.5. The van der Waals surface area contributed by atoms with Gasteiger partial charge in [0.15, 0.2) is 18.2 Å². The second-order valence-electron chi connectivity index (χ2n) is 3.96. The molecule has 0 spiro atoms. The summed E-state index contributed by atoms with van der Waals surface area (Å²) in [7, 11) is 0. The van der Waals surface area contributed by atoms with Gasteiger partial charge in [0.2, 0.25) is 0 Å². The van der Waals surface area contributed by atoms with Gasteiger partial charge in [-0.3, -0.25) is 9.78 Å². The lowest BCUT2D eigenvalue weighted by Crippen LogP contribution is -2.21. The summed E-state index contributed by atoms with van der Waals surface area (Å²) in [6.07, 6.45) is 2.93. The number of nitrogens with one attached hydrogen (secondary N) is 1. The van der Waals surface area contributed by atoms with E-state index < -0.39 is 11.7 Å². The van der Waals surface area contributed by atoms with Crippen LogP contribution in [0, 0.1) is 5.82 Å². The van der Waals surface area contributed by atoms with Crippen LogP contribution in [0.4, 0.5) is 10.1 Å². The van der Waals surface area contributed by atoms with E-state index >= 15 is 0 Å². The molecule has 104 valence electrons. The maximum Gasteiger partial charge on any atom is 0.262 e. The van der Waals surface area contributed by atoms with Crippen LogP contribution in [-0.2, 0) is 11.4 Å². The van der Waals surface area contributed by atoms with Crippen molar-refractivity contribution >= 4 is 11.6 Å². The molecule has 0 saturated heterocycles. The van der Waals surface area contributed by atoms with Gasteiger partial charge in [-0.1, -0.05) is 12.1 Å². The number of pyridine rings is 1. The van der Waals surface area contributed by atoms with Gasteiger partial charge in [-0.25, -0.2) is 4.39 Å². The van der Waals surface area contributed by atoms with E-state index in [1.807, 2.05) is 0 Å². The lowest BCUT2D eigenvalue weighted by Gasteiger charge is -2.10. The molecule has 1 aromatic heterocycles. The van der Waals surface area contributed by atoms with Gasteiger partial charge < -0.3 is 15.2 Å². The number of hydrogen-bond acceptors (Lipinski definition) is 4. The van der Waals surface area contributed by atoms with Crippen LogP contribution in [0.3, 0.4) is 0 Å². The summed E-state index contributed by atoms with van der Waals surface area (Å²) in [6, 6.07) is 7.42. The third-order valence-electron chi connectivity index (χ3n) is 2.55. The number of aromatic nitrogens is 1. The van der Waals surface area contributed by atoms with E-state index in [0.717, 1.165) is 0 Å². The van der Waals surface area contributed by atoms with Gasteiger partial charge in [-0.05, 0) is 18.2 Å². The molecule has 1 amide bonds. The van der Waals surface area contributed by atoms with Crippen molar-refractivity contribution in [1.29, 1.82) is 0 Å². The first-order valence-corrected chi connectivity index (χ1v) is 5.91. The molecular formula is C14H13FN2O3. The third-order valence-corrected chi connectivity index (χ3v) is 2.55. The second kappa shape index (κ2) is 6.63. The minimum absolute atomic E-state index is 0.0104. The molecule has 0 aliphatic rings. The Morgan fingerprint density at radius 2 is 2.15 bits per heavy atom. The molecule has 0 bridgehead atoms. The lowest BCUT2D eigenvalue weighted by molar-refractivity contribution is -0.118. The van der Waals surface area contributed by atoms with Gasteiger partial charge in [0.05, 0.1) is 18.5 Å². The van der Waals surface area contributed by atoms with E-state index in [0.29, 0.717) is 11.3 Å². The average molecular weight is 276 g/mol. The Bertz CT molecular complexity index is 604. The molecule has 0 atom stereocenters. The molecule has 0 fully saturated rings. The number of halogens is 1. The molecule has 0 saturated carbocycles. The van der Waals surface area contributed by atoms with Gasteiger partial charge in [-0.2, -0.15) is 0 Å². The quantitative estimate of drug-likeness (QED) is 0.872. The number of hydrogen-bond donors (Lipinski definition) is 2. The summed E-state index contributed by atoms with van der Waals surface area (Å²) in [5, 5.41) is 11.7. The van der Waals surface area contributed by atoms with Crippen LogP contribution in [0.1, 0.15) is 5.56 Å². The van der Waals surface area contributed by atoms with Crippen molar-refractivity contribution in [3.63, 3.8) is 0 Å². The van der Waals surface area contributed by atoms with Crippen LogP contribution < -0.4 is 10.1 Å². The summed E-state index contributed by atoms with van der Waals surface area (Å²) in [6.45, 7) is -0.549. The van der Waals surface area contributed by atoms with E-state index in [-0.39, 0.29) is 19.0 Å². The Hall–Kier alpha value is -2.47. The Kier molecular flexibility index (Phi) is 4.62. The Balaban J connectivity index is 1.95. The maximum atomic E-state index is 13.3. The Labute approximate surface area is 115 Å². The number of ether oxygens (including phenoxy) is 1. The van der Waals surface area contributed by atoms with E-state index in [9.17, 15) is 9.18 Å². The minimum Gasteiger partial charge on any atom is -0.481 e. The summed E-state index contributed by atoms with van der Waals surface area (Å²) in [4.78, 5) is 15.5. The predicted octanol–water partition coefficient (Wildman–Crippen LogP) is 1.73. The number of carbonyl (C=O) groups is 1. The zero-order chi connectivity index (χ0) is 14.4. The largest absolute Gasteiger partial charge is 0.481 e. The number of amides is 1. The van der Waals surface area contributed by atoms with Crippen molar-refractivity contribution in [2.45, 2.75) is 6.61 Å². The molecule has 1 heterocycles. The SMILES string of the molecule is O=C(COc1ccccc1F)Nc1cnccc1CO. The van der Waals surface area contributed by atoms with Crippen LogP contribution >= 0.6 is 0 Å². The fourth-order valence-electron chi connectivity index (χ4n) is 1.57. The molecule has 2 rings (SSSR count). The van der Waals surface area contributed by atoms with Gasteiger partial charge in [0.1, 0.15) is 0 Å². The van der Waals surface area contributed by atoms with Crippen LogP contribution in [0.25, 0.3) is 0 Å². The highest BCUT2D eigenvalue weighted by Crippen LogP contribution is 2.16. The number of rotatable bonds is 5. The van der Waals surface area contributed by atoms with Crippen LogP contribution in [0.5, 0.6) is 5.75 Å². The second-order valence-corrected chi connectivity index (χ2v) is 3.96. The van der Waals surface area contributed by atoms with E-state index in [1.54, 1.807) is 12.1 Å². The van der Waals surface area contributed by atoms with Crippen molar-refractivity contribution in [2.75, 3.05) is 11.9 Å². The van der Waals surface area contributed by atoms with Crippen LogP contribution in [0.15, 0.2) is 42.7 Å². The first-order chi connectivity index (χ1) is 9.70. The van der Waals surface area contributed by atoms with Gasteiger partial charge >= 0.3 is 0 Å². The molecule has 0 aliphatic heterocycles. The molecule has 6 heteroatoms. The molecule has 0 unspecified atom stereocenters. The zero-order valence-electron chi connectivity index (χ0n) is 10.5. The molecule has 0 radical (unpaired) electrons. The molecule has 0 aliphatic carbocycles. The molecule has 5 nitrogen and oxygen atoms in total. The number of benzene rings is 1. The van der Waals surface area contributed by atoms with Crippen molar-refractivity contribution < 1.29 is 19.0 Å². The monoisotopic (exact) mass is 276 g/mol.